The lowest BCUT2D eigenvalue weighted by molar-refractivity contribution is 0.204. The van der Waals surface area contributed by atoms with E-state index in [0.717, 1.165) is 31.4 Å². The van der Waals surface area contributed by atoms with E-state index in [9.17, 15) is 0 Å². The number of rotatable bonds is 8. The molecule has 1 aliphatic carbocycles. The molecule has 3 nitrogen and oxygen atoms in total. The predicted molar refractivity (Wildman–Crippen MR) is 87.3 cm³/mol. The zero-order chi connectivity index (χ0) is 14.7. The molecule has 21 heavy (non-hydrogen) atoms. The SMILES string of the molecule is CC(C)N(Cc1cccs1)Cc1ccoc1CNC1CC1. The summed E-state index contributed by atoms with van der Waals surface area (Å²) in [6.07, 6.45) is 4.45. The number of thiophene rings is 1. The first-order valence-electron chi connectivity index (χ1n) is 7.77. The molecule has 2 aromatic rings. The minimum absolute atomic E-state index is 0.520. The second kappa shape index (κ2) is 6.77. The maximum absolute atomic E-state index is 5.67. The number of nitrogens with zero attached hydrogens (tertiary/aromatic N) is 1. The Morgan fingerprint density at radius 1 is 1.33 bits per heavy atom. The Balaban J connectivity index is 1.63. The molecule has 1 N–H and O–H groups in total. The highest BCUT2D eigenvalue weighted by atomic mass is 32.1. The summed E-state index contributed by atoms with van der Waals surface area (Å²) < 4.78 is 5.67. The van der Waals surface area contributed by atoms with E-state index in [-0.39, 0.29) is 0 Å². The molecule has 2 aromatic heterocycles. The highest BCUT2D eigenvalue weighted by molar-refractivity contribution is 7.09. The van der Waals surface area contributed by atoms with Crippen molar-refractivity contribution in [2.75, 3.05) is 0 Å². The number of nitrogens with one attached hydrogen (secondary N) is 1. The third-order valence-electron chi connectivity index (χ3n) is 4.01. The molecule has 1 aliphatic rings. The van der Waals surface area contributed by atoms with E-state index in [1.165, 1.54) is 23.3 Å². The Morgan fingerprint density at radius 3 is 2.86 bits per heavy atom. The highest BCUT2D eigenvalue weighted by Gasteiger charge is 2.22. The van der Waals surface area contributed by atoms with Crippen molar-refractivity contribution in [3.8, 4) is 0 Å². The zero-order valence-corrected chi connectivity index (χ0v) is 13.7. The number of furan rings is 1. The Labute approximate surface area is 131 Å². The maximum atomic E-state index is 5.67. The van der Waals surface area contributed by atoms with Gasteiger partial charge in [0.2, 0.25) is 0 Å². The Bertz CT molecular complexity index is 543. The molecule has 0 spiro atoms. The third kappa shape index (κ3) is 4.19. The van der Waals surface area contributed by atoms with Crippen molar-refractivity contribution in [2.24, 2.45) is 0 Å². The maximum Gasteiger partial charge on any atom is 0.122 e. The Hall–Kier alpha value is -1.10. The molecule has 0 bridgehead atoms. The highest BCUT2D eigenvalue weighted by Crippen LogP contribution is 2.22. The summed E-state index contributed by atoms with van der Waals surface area (Å²) in [5, 5.41) is 5.69. The summed E-state index contributed by atoms with van der Waals surface area (Å²) in [5.74, 6) is 1.10. The molecule has 0 saturated heterocycles. The molecule has 0 aliphatic heterocycles. The summed E-state index contributed by atoms with van der Waals surface area (Å²) in [6.45, 7) is 7.34. The van der Waals surface area contributed by atoms with Crippen molar-refractivity contribution < 1.29 is 4.42 Å². The van der Waals surface area contributed by atoms with Crippen LogP contribution in [0, 0.1) is 0 Å². The van der Waals surface area contributed by atoms with Gasteiger partial charge in [0.25, 0.3) is 0 Å². The average Bonchev–Trinajstić information content (AvgIpc) is 2.97. The minimum Gasteiger partial charge on any atom is -0.468 e. The van der Waals surface area contributed by atoms with Crippen LogP contribution in [0.4, 0.5) is 0 Å². The van der Waals surface area contributed by atoms with Crippen LogP contribution in [-0.4, -0.2) is 17.0 Å². The monoisotopic (exact) mass is 304 g/mol. The largest absolute Gasteiger partial charge is 0.468 e. The van der Waals surface area contributed by atoms with Gasteiger partial charge in [0.1, 0.15) is 5.76 Å². The first-order chi connectivity index (χ1) is 10.2. The van der Waals surface area contributed by atoms with Gasteiger partial charge in [0.05, 0.1) is 12.8 Å². The van der Waals surface area contributed by atoms with Crippen molar-refractivity contribution in [3.05, 3.63) is 46.0 Å². The summed E-state index contributed by atoms with van der Waals surface area (Å²) in [5.41, 5.74) is 1.31. The van der Waals surface area contributed by atoms with Crippen molar-refractivity contribution in [1.29, 1.82) is 0 Å². The molecule has 2 heterocycles. The van der Waals surface area contributed by atoms with Crippen molar-refractivity contribution in [1.82, 2.24) is 10.2 Å². The van der Waals surface area contributed by atoms with Gasteiger partial charge in [-0.3, -0.25) is 4.90 Å². The quantitative estimate of drug-likeness (QED) is 0.799. The smallest absolute Gasteiger partial charge is 0.122 e. The number of hydrogen-bond acceptors (Lipinski definition) is 4. The van der Waals surface area contributed by atoms with Gasteiger partial charge < -0.3 is 9.73 Å². The molecule has 0 amide bonds. The molecule has 4 heteroatoms. The van der Waals surface area contributed by atoms with Crippen molar-refractivity contribution in [3.63, 3.8) is 0 Å². The van der Waals surface area contributed by atoms with Gasteiger partial charge in [-0.05, 0) is 44.2 Å². The number of hydrogen-bond donors (Lipinski definition) is 1. The van der Waals surface area contributed by atoms with Crippen LogP contribution in [0.3, 0.4) is 0 Å². The lowest BCUT2D eigenvalue weighted by Gasteiger charge is -2.25. The molecule has 0 unspecified atom stereocenters. The van der Waals surface area contributed by atoms with E-state index in [2.05, 4.69) is 47.6 Å². The van der Waals surface area contributed by atoms with E-state index < -0.39 is 0 Å². The molecular formula is C17H24N2OS. The van der Waals surface area contributed by atoms with Gasteiger partial charge in [0.15, 0.2) is 0 Å². The molecule has 0 atom stereocenters. The van der Waals surface area contributed by atoms with E-state index in [0.29, 0.717) is 6.04 Å². The van der Waals surface area contributed by atoms with Crippen LogP contribution in [0.1, 0.15) is 42.9 Å². The lowest BCUT2D eigenvalue weighted by Crippen LogP contribution is -2.30. The van der Waals surface area contributed by atoms with E-state index in [1.807, 2.05) is 17.6 Å². The van der Waals surface area contributed by atoms with Crippen molar-refractivity contribution >= 4 is 11.3 Å². The first kappa shape index (κ1) is 14.8. The Morgan fingerprint density at radius 2 is 2.19 bits per heavy atom. The second-order valence-electron chi connectivity index (χ2n) is 6.10. The summed E-state index contributed by atoms with van der Waals surface area (Å²) in [4.78, 5) is 3.92. The van der Waals surface area contributed by atoms with Crippen LogP contribution in [0.25, 0.3) is 0 Å². The van der Waals surface area contributed by atoms with Crippen molar-refractivity contribution in [2.45, 2.75) is 58.4 Å². The van der Waals surface area contributed by atoms with Gasteiger partial charge >= 0.3 is 0 Å². The topological polar surface area (TPSA) is 28.4 Å². The van der Waals surface area contributed by atoms with Gasteiger partial charge in [-0.1, -0.05) is 6.07 Å². The first-order valence-corrected chi connectivity index (χ1v) is 8.65. The van der Waals surface area contributed by atoms with Crippen LogP contribution in [0.15, 0.2) is 34.3 Å². The fraction of sp³-hybridized carbons (Fsp3) is 0.529. The lowest BCUT2D eigenvalue weighted by atomic mass is 10.2. The van der Waals surface area contributed by atoms with E-state index >= 15 is 0 Å². The van der Waals surface area contributed by atoms with Crippen LogP contribution in [0.2, 0.25) is 0 Å². The fourth-order valence-corrected chi connectivity index (χ4v) is 3.16. The molecular weight excluding hydrogens is 280 g/mol. The summed E-state index contributed by atoms with van der Waals surface area (Å²) in [7, 11) is 0. The van der Waals surface area contributed by atoms with E-state index in [1.54, 1.807) is 0 Å². The molecule has 0 radical (unpaired) electrons. The van der Waals surface area contributed by atoms with Gasteiger partial charge in [-0.2, -0.15) is 0 Å². The summed E-state index contributed by atoms with van der Waals surface area (Å²) in [6, 6.07) is 7.70. The van der Waals surface area contributed by atoms with Gasteiger partial charge in [-0.15, -0.1) is 11.3 Å². The standard InChI is InChI=1S/C17H24N2OS/c1-13(2)19(12-16-4-3-9-21-16)11-14-7-8-20-17(14)10-18-15-5-6-15/h3-4,7-9,13,15,18H,5-6,10-12H2,1-2H3. The molecule has 1 fully saturated rings. The van der Waals surface area contributed by atoms with Crippen LogP contribution < -0.4 is 5.32 Å². The minimum atomic E-state index is 0.520. The predicted octanol–water partition coefficient (Wildman–Crippen LogP) is 4.00. The molecule has 0 aromatic carbocycles. The normalized spacial score (nSPS) is 15.2. The third-order valence-corrected chi connectivity index (χ3v) is 4.87. The fourth-order valence-electron chi connectivity index (χ4n) is 2.43. The molecule has 1 saturated carbocycles. The van der Waals surface area contributed by atoms with Crippen LogP contribution >= 0.6 is 11.3 Å². The van der Waals surface area contributed by atoms with Crippen LogP contribution in [-0.2, 0) is 19.6 Å². The van der Waals surface area contributed by atoms with Crippen LogP contribution in [0.5, 0.6) is 0 Å². The second-order valence-corrected chi connectivity index (χ2v) is 7.13. The van der Waals surface area contributed by atoms with Gasteiger partial charge in [0, 0.05) is 35.6 Å². The molecule has 3 rings (SSSR count). The average molecular weight is 304 g/mol. The zero-order valence-electron chi connectivity index (χ0n) is 12.8. The molecule has 114 valence electrons. The summed E-state index contributed by atoms with van der Waals surface area (Å²) >= 11 is 1.83. The Kier molecular flexibility index (Phi) is 4.78. The van der Waals surface area contributed by atoms with E-state index in [4.69, 9.17) is 4.42 Å². The van der Waals surface area contributed by atoms with Gasteiger partial charge in [-0.25, -0.2) is 0 Å².